The number of aliphatic imine (C=N–C) groups is 1. The van der Waals surface area contributed by atoms with E-state index in [9.17, 15) is 14.7 Å². The summed E-state index contributed by atoms with van der Waals surface area (Å²) in [4.78, 5) is 36.1. The van der Waals surface area contributed by atoms with E-state index in [1.165, 1.54) is 7.11 Å². The number of carbonyl (C=O) groups excluding carboxylic acids is 2. The predicted octanol–water partition coefficient (Wildman–Crippen LogP) is 4.74. The first-order valence-corrected chi connectivity index (χ1v) is 11.8. The zero-order chi connectivity index (χ0) is 26.7. The number of rotatable bonds is 7. The average Bonchev–Trinajstić information content (AvgIpc) is 3.25. The third kappa shape index (κ3) is 5.24. The Morgan fingerprint density at radius 3 is 2.24 bits per heavy atom. The second kappa shape index (κ2) is 10.7. The SMILES string of the molecule is COC(=O)c1ccc2c(C(=Nc3ccc(N(C)C(=O)C(C)N(C)C)cc3)c3ccccc3)c(O)[nH]c2c1. The molecule has 8 heteroatoms. The fourth-order valence-corrected chi connectivity index (χ4v) is 4.04. The molecule has 0 fully saturated rings. The summed E-state index contributed by atoms with van der Waals surface area (Å²) >= 11 is 0. The molecule has 1 heterocycles. The van der Waals surface area contributed by atoms with E-state index in [0.717, 1.165) is 11.3 Å². The van der Waals surface area contributed by atoms with Gasteiger partial charge in [-0.2, -0.15) is 0 Å². The number of hydrogen-bond acceptors (Lipinski definition) is 6. The van der Waals surface area contributed by atoms with Gasteiger partial charge in [-0.15, -0.1) is 0 Å². The van der Waals surface area contributed by atoms with Crippen LogP contribution in [0.5, 0.6) is 5.88 Å². The van der Waals surface area contributed by atoms with Crippen LogP contribution in [0.3, 0.4) is 0 Å². The molecule has 1 atom stereocenters. The number of nitrogens with zero attached hydrogens (tertiary/aromatic N) is 3. The first-order chi connectivity index (χ1) is 17.7. The lowest BCUT2D eigenvalue weighted by Gasteiger charge is -2.25. The minimum absolute atomic E-state index is 0.0127. The van der Waals surface area contributed by atoms with Crippen LogP contribution in [0, 0.1) is 0 Å². The number of fused-ring (bicyclic) bond motifs is 1. The molecule has 1 aromatic heterocycles. The summed E-state index contributed by atoms with van der Waals surface area (Å²) in [5, 5.41) is 11.6. The van der Waals surface area contributed by atoms with Gasteiger partial charge >= 0.3 is 5.97 Å². The summed E-state index contributed by atoms with van der Waals surface area (Å²) in [7, 11) is 6.82. The van der Waals surface area contributed by atoms with Crippen LogP contribution in [-0.4, -0.2) is 66.9 Å². The first-order valence-electron chi connectivity index (χ1n) is 11.8. The molecule has 1 unspecified atom stereocenters. The van der Waals surface area contributed by atoms with E-state index in [2.05, 4.69) is 4.98 Å². The van der Waals surface area contributed by atoms with Gasteiger partial charge in [-0.05, 0) is 57.4 Å². The van der Waals surface area contributed by atoms with Crippen molar-refractivity contribution in [3.05, 3.63) is 89.5 Å². The number of likely N-dealkylation sites (N-methyl/N-ethyl adjacent to an activating group) is 2. The van der Waals surface area contributed by atoms with Crippen molar-refractivity contribution in [2.45, 2.75) is 13.0 Å². The van der Waals surface area contributed by atoms with Crippen LogP contribution in [0.4, 0.5) is 11.4 Å². The minimum Gasteiger partial charge on any atom is -0.494 e. The number of hydrogen-bond donors (Lipinski definition) is 2. The molecule has 3 aromatic carbocycles. The number of amides is 1. The Bertz CT molecular complexity index is 1460. The predicted molar refractivity (Wildman–Crippen MR) is 146 cm³/mol. The zero-order valence-electron chi connectivity index (χ0n) is 21.5. The Morgan fingerprint density at radius 2 is 1.62 bits per heavy atom. The van der Waals surface area contributed by atoms with Crippen molar-refractivity contribution in [1.29, 1.82) is 0 Å². The molecule has 37 heavy (non-hydrogen) atoms. The van der Waals surface area contributed by atoms with Crippen LogP contribution in [0.1, 0.15) is 28.4 Å². The molecule has 8 nitrogen and oxygen atoms in total. The van der Waals surface area contributed by atoms with Crippen molar-refractivity contribution in [2.24, 2.45) is 4.99 Å². The highest BCUT2D eigenvalue weighted by molar-refractivity contribution is 6.22. The van der Waals surface area contributed by atoms with Crippen molar-refractivity contribution >= 4 is 39.9 Å². The number of aromatic hydroxyl groups is 1. The molecule has 0 saturated carbocycles. The lowest BCUT2D eigenvalue weighted by Crippen LogP contribution is -2.42. The smallest absolute Gasteiger partial charge is 0.337 e. The fourth-order valence-electron chi connectivity index (χ4n) is 4.04. The summed E-state index contributed by atoms with van der Waals surface area (Å²) in [6, 6.07) is 21.7. The standard InChI is InChI=1S/C29H30N4O4/c1-18(32(2)3)28(35)33(4)22-14-12-21(13-15-22)30-26(19-9-7-6-8-10-19)25-23-16-11-20(29(36)37-5)17-24(23)31-27(25)34/h6-18,31,34H,1-5H3. The van der Waals surface area contributed by atoms with Crippen LogP contribution in [0.25, 0.3) is 10.9 Å². The van der Waals surface area contributed by atoms with Gasteiger partial charge in [0.25, 0.3) is 0 Å². The number of aromatic nitrogens is 1. The molecule has 0 aliphatic rings. The van der Waals surface area contributed by atoms with Gasteiger partial charge in [0.2, 0.25) is 5.91 Å². The molecular weight excluding hydrogens is 468 g/mol. The van der Waals surface area contributed by atoms with Gasteiger partial charge in [0.15, 0.2) is 5.88 Å². The van der Waals surface area contributed by atoms with E-state index in [0.29, 0.717) is 33.4 Å². The van der Waals surface area contributed by atoms with Gasteiger partial charge in [0, 0.05) is 29.2 Å². The van der Waals surface area contributed by atoms with E-state index >= 15 is 0 Å². The summed E-state index contributed by atoms with van der Waals surface area (Å²) in [6.45, 7) is 1.87. The molecule has 1 amide bonds. The second-order valence-corrected chi connectivity index (χ2v) is 8.98. The third-order valence-corrected chi connectivity index (χ3v) is 6.42. The summed E-state index contributed by atoms with van der Waals surface area (Å²) in [6.07, 6.45) is 0. The van der Waals surface area contributed by atoms with Crippen molar-refractivity contribution in [2.75, 3.05) is 33.2 Å². The lowest BCUT2D eigenvalue weighted by atomic mass is 10.00. The van der Waals surface area contributed by atoms with Gasteiger partial charge in [-0.25, -0.2) is 9.79 Å². The number of nitrogens with one attached hydrogen (secondary N) is 1. The Hall–Kier alpha value is -4.43. The largest absolute Gasteiger partial charge is 0.494 e. The van der Waals surface area contributed by atoms with Gasteiger partial charge in [0.1, 0.15) is 0 Å². The van der Waals surface area contributed by atoms with Crippen molar-refractivity contribution in [1.82, 2.24) is 9.88 Å². The van der Waals surface area contributed by atoms with E-state index in [-0.39, 0.29) is 17.8 Å². The van der Waals surface area contributed by atoms with Crippen molar-refractivity contribution in [3.8, 4) is 5.88 Å². The van der Waals surface area contributed by atoms with E-state index < -0.39 is 5.97 Å². The zero-order valence-corrected chi connectivity index (χ0v) is 21.5. The maximum absolute atomic E-state index is 12.7. The molecule has 4 rings (SSSR count). The highest BCUT2D eigenvalue weighted by Crippen LogP contribution is 2.32. The van der Waals surface area contributed by atoms with Crippen LogP contribution < -0.4 is 4.90 Å². The summed E-state index contributed by atoms with van der Waals surface area (Å²) in [5.41, 5.74) is 4.27. The molecule has 0 aliphatic heterocycles. The molecule has 0 radical (unpaired) electrons. The summed E-state index contributed by atoms with van der Waals surface area (Å²) in [5.74, 6) is -0.529. The number of carbonyl (C=O) groups is 2. The molecule has 4 aromatic rings. The van der Waals surface area contributed by atoms with E-state index in [1.807, 2.05) is 80.5 Å². The molecule has 2 N–H and O–H groups in total. The molecule has 0 spiro atoms. The monoisotopic (exact) mass is 498 g/mol. The van der Waals surface area contributed by atoms with Gasteiger partial charge in [-0.3, -0.25) is 9.69 Å². The number of H-pyrrole nitrogens is 1. The Labute approximate surface area is 215 Å². The Balaban J connectivity index is 1.77. The summed E-state index contributed by atoms with van der Waals surface area (Å²) < 4.78 is 4.82. The molecule has 0 bridgehead atoms. The number of benzene rings is 3. The van der Waals surface area contributed by atoms with Gasteiger partial charge in [-0.1, -0.05) is 36.4 Å². The normalized spacial score (nSPS) is 12.5. The molecule has 0 aliphatic carbocycles. The number of methoxy groups -OCH3 is 1. The number of ether oxygens (including phenoxy) is 1. The average molecular weight is 499 g/mol. The van der Waals surface area contributed by atoms with Crippen LogP contribution in [0.15, 0.2) is 77.8 Å². The lowest BCUT2D eigenvalue weighted by molar-refractivity contribution is -0.122. The first kappa shape index (κ1) is 25.7. The molecule has 190 valence electrons. The highest BCUT2D eigenvalue weighted by Gasteiger charge is 2.22. The maximum atomic E-state index is 12.7. The van der Waals surface area contributed by atoms with Crippen LogP contribution in [-0.2, 0) is 9.53 Å². The minimum atomic E-state index is -0.460. The number of esters is 1. The van der Waals surface area contributed by atoms with E-state index in [1.54, 1.807) is 30.1 Å². The fraction of sp³-hybridized carbons (Fsp3) is 0.207. The van der Waals surface area contributed by atoms with Crippen molar-refractivity contribution < 1.29 is 19.4 Å². The van der Waals surface area contributed by atoms with Crippen molar-refractivity contribution in [3.63, 3.8) is 0 Å². The molecular formula is C29H30N4O4. The number of anilines is 1. The maximum Gasteiger partial charge on any atom is 0.337 e. The quantitative estimate of drug-likeness (QED) is 0.283. The van der Waals surface area contributed by atoms with Crippen LogP contribution in [0.2, 0.25) is 0 Å². The number of aromatic amines is 1. The van der Waals surface area contributed by atoms with Crippen LogP contribution >= 0.6 is 0 Å². The second-order valence-electron chi connectivity index (χ2n) is 8.98. The molecule has 0 saturated heterocycles. The Morgan fingerprint density at radius 1 is 0.946 bits per heavy atom. The Kier molecular flexibility index (Phi) is 7.40. The topological polar surface area (TPSA) is 98.2 Å². The van der Waals surface area contributed by atoms with Gasteiger partial charge in [0.05, 0.1) is 35.7 Å². The highest BCUT2D eigenvalue weighted by atomic mass is 16.5. The third-order valence-electron chi connectivity index (χ3n) is 6.42. The van der Waals surface area contributed by atoms with Gasteiger partial charge < -0.3 is 19.7 Å². The van der Waals surface area contributed by atoms with E-state index in [4.69, 9.17) is 9.73 Å².